The number of halogens is 1. The summed E-state index contributed by atoms with van der Waals surface area (Å²) in [5, 5.41) is 0. The van der Waals surface area contributed by atoms with Crippen molar-refractivity contribution in [1.29, 1.82) is 0 Å². The van der Waals surface area contributed by atoms with E-state index < -0.39 is 0 Å². The Morgan fingerprint density at radius 2 is 2.00 bits per heavy atom. The van der Waals surface area contributed by atoms with Gasteiger partial charge in [-0.05, 0) is 42.8 Å². The van der Waals surface area contributed by atoms with Crippen LogP contribution < -0.4 is 9.47 Å². The van der Waals surface area contributed by atoms with Crippen LogP contribution in [0.3, 0.4) is 0 Å². The molecule has 0 bridgehead atoms. The maximum Gasteiger partial charge on any atom is 0.259 e. The van der Waals surface area contributed by atoms with Gasteiger partial charge in [0, 0.05) is 31.0 Å². The minimum absolute atomic E-state index is 0.0923. The Morgan fingerprint density at radius 1 is 1.21 bits per heavy atom. The Kier molecular flexibility index (Phi) is 6.59. The van der Waals surface area contributed by atoms with Crippen molar-refractivity contribution in [3.8, 4) is 11.5 Å². The molecular formula is C22H22FNO4S. The Balaban J connectivity index is 1.85. The highest BCUT2D eigenvalue weighted by molar-refractivity contribution is 7.99. The lowest BCUT2D eigenvalue weighted by molar-refractivity contribution is -0.130. The smallest absolute Gasteiger partial charge is 0.259 e. The molecule has 0 saturated carbocycles. The number of benzene rings is 2. The molecule has 0 saturated heterocycles. The van der Waals surface area contributed by atoms with Crippen molar-refractivity contribution in [2.24, 2.45) is 0 Å². The molecule has 1 amide bonds. The molecule has 1 heterocycles. The number of carbonyl (C=O) groups excluding carboxylic acids is 2. The summed E-state index contributed by atoms with van der Waals surface area (Å²) in [5.41, 5.74) is 1.75. The summed E-state index contributed by atoms with van der Waals surface area (Å²) in [4.78, 5) is 26.4. The van der Waals surface area contributed by atoms with Gasteiger partial charge >= 0.3 is 0 Å². The van der Waals surface area contributed by atoms with Gasteiger partial charge in [-0.15, -0.1) is 11.8 Å². The van der Waals surface area contributed by atoms with Crippen LogP contribution in [0.15, 0.2) is 46.9 Å². The van der Waals surface area contributed by atoms with Crippen molar-refractivity contribution in [3.63, 3.8) is 0 Å². The molecule has 0 radical (unpaired) electrons. The molecule has 1 aliphatic rings. The number of likely N-dealkylation sites (N-methyl/N-ethyl adjacent to an activating group) is 1. The molecule has 2 aromatic rings. The van der Waals surface area contributed by atoms with Crippen molar-refractivity contribution >= 4 is 29.5 Å². The average Bonchev–Trinajstić information content (AvgIpc) is 2.70. The van der Waals surface area contributed by atoms with Crippen LogP contribution >= 0.6 is 11.8 Å². The van der Waals surface area contributed by atoms with Crippen LogP contribution in [0.25, 0.3) is 6.08 Å². The van der Waals surface area contributed by atoms with Crippen LogP contribution in [0.5, 0.6) is 11.5 Å². The quantitative estimate of drug-likeness (QED) is 0.666. The predicted molar refractivity (Wildman–Crippen MR) is 111 cm³/mol. The zero-order valence-corrected chi connectivity index (χ0v) is 17.3. The number of nitrogens with zero attached hydrogens (tertiary/aromatic N) is 1. The maximum atomic E-state index is 13.9. The molecule has 0 aliphatic carbocycles. The molecule has 0 N–H and O–H groups in total. The molecular weight excluding hydrogens is 393 g/mol. The third-order valence-electron chi connectivity index (χ3n) is 4.33. The first-order chi connectivity index (χ1) is 13.9. The summed E-state index contributed by atoms with van der Waals surface area (Å²) in [5.74, 6) is 0.651. The second-order valence-corrected chi connectivity index (χ2v) is 7.61. The average molecular weight is 415 g/mol. The van der Waals surface area contributed by atoms with E-state index in [4.69, 9.17) is 9.47 Å². The lowest BCUT2D eigenvalue weighted by Gasteiger charge is -2.18. The van der Waals surface area contributed by atoms with Crippen molar-refractivity contribution in [3.05, 3.63) is 58.9 Å². The first kappa shape index (κ1) is 20.9. The van der Waals surface area contributed by atoms with E-state index in [-0.39, 0.29) is 24.1 Å². The van der Waals surface area contributed by atoms with Crippen molar-refractivity contribution in [2.75, 3.05) is 33.1 Å². The van der Waals surface area contributed by atoms with Gasteiger partial charge in [0.1, 0.15) is 5.82 Å². The summed E-state index contributed by atoms with van der Waals surface area (Å²) in [7, 11) is 3.32. The van der Waals surface area contributed by atoms with E-state index in [2.05, 4.69) is 0 Å². The Bertz CT molecular complexity index is 971. The van der Waals surface area contributed by atoms with Gasteiger partial charge in [-0.25, -0.2) is 4.39 Å². The zero-order valence-electron chi connectivity index (χ0n) is 16.5. The number of fused-ring (bicyclic) bond motifs is 1. The number of ether oxygens (including phenoxy) is 2. The number of rotatable bonds is 6. The third-order valence-corrected chi connectivity index (χ3v) is 5.49. The fourth-order valence-corrected chi connectivity index (χ4v) is 3.84. The van der Waals surface area contributed by atoms with E-state index in [0.717, 1.165) is 5.56 Å². The normalized spacial score (nSPS) is 14.5. The largest absolute Gasteiger partial charge is 0.490 e. The number of amides is 1. The predicted octanol–water partition coefficient (Wildman–Crippen LogP) is 4.06. The van der Waals surface area contributed by atoms with E-state index in [9.17, 15) is 14.0 Å². The number of hydrogen-bond acceptors (Lipinski definition) is 5. The molecule has 29 heavy (non-hydrogen) atoms. The molecule has 3 rings (SSSR count). The Morgan fingerprint density at radius 3 is 2.72 bits per heavy atom. The molecule has 152 valence electrons. The number of thioether (sulfide) groups is 1. The Hall–Kier alpha value is -2.80. The van der Waals surface area contributed by atoms with Gasteiger partial charge in [0.2, 0.25) is 0 Å². The summed E-state index contributed by atoms with van der Waals surface area (Å²) >= 11 is 1.32. The lowest BCUT2D eigenvalue weighted by Crippen LogP contribution is -2.27. The van der Waals surface area contributed by atoms with E-state index >= 15 is 0 Å². The van der Waals surface area contributed by atoms with E-state index in [1.807, 2.05) is 6.92 Å². The van der Waals surface area contributed by atoms with Gasteiger partial charge in [0.25, 0.3) is 5.91 Å². The molecule has 7 heteroatoms. The second-order valence-electron chi connectivity index (χ2n) is 6.62. The van der Waals surface area contributed by atoms with Crippen molar-refractivity contribution in [2.45, 2.75) is 11.8 Å². The highest BCUT2D eigenvalue weighted by atomic mass is 32.2. The molecule has 0 fully saturated rings. The standard InChI is InChI=1S/C22H22FNO4S/c1-4-27-19-11-14(8-9-18(19)28-12-20(25)24(2)3)10-15-13-29-22-16(21(15)26)6-5-7-17(22)23/h5-11H,4,12-13H2,1-3H3/b15-10+. The lowest BCUT2D eigenvalue weighted by atomic mass is 10.0. The summed E-state index contributed by atoms with van der Waals surface area (Å²) in [6, 6.07) is 9.83. The van der Waals surface area contributed by atoms with Crippen LogP contribution in [-0.4, -0.2) is 49.7 Å². The molecule has 0 aromatic heterocycles. The van der Waals surface area contributed by atoms with Gasteiger partial charge in [0.15, 0.2) is 23.9 Å². The first-order valence-electron chi connectivity index (χ1n) is 9.17. The molecule has 1 aliphatic heterocycles. The molecule has 0 unspecified atom stereocenters. The molecule has 5 nitrogen and oxygen atoms in total. The minimum Gasteiger partial charge on any atom is -0.490 e. The highest BCUT2D eigenvalue weighted by Crippen LogP contribution is 2.36. The number of hydrogen-bond donors (Lipinski definition) is 0. The summed E-state index contributed by atoms with van der Waals surface area (Å²) in [6.07, 6.45) is 1.78. The maximum absolute atomic E-state index is 13.9. The van der Waals surface area contributed by atoms with Gasteiger partial charge in [0.05, 0.1) is 11.5 Å². The van der Waals surface area contributed by atoms with Crippen LogP contribution in [0.4, 0.5) is 4.39 Å². The van der Waals surface area contributed by atoms with E-state index in [1.165, 1.54) is 22.7 Å². The van der Waals surface area contributed by atoms with Crippen molar-refractivity contribution in [1.82, 2.24) is 4.90 Å². The summed E-state index contributed by atoms with van der Waals surface area (Å²) < 4.78 is 25.1. The second kappa shape index (κ2) is 9.13. The van der Waals surface area contributed by atoms with Gasteiger partial charge < -0.3 is 14.4 Å². The van der Waals surface area contributed by atoms with Gasteiger partial charge in [-0.2, -0.15) is 0 Å². The zero-order chi connectivity index (χ0) is 21.0. The Labute approximate surface area is 173 Å². The van der Waals surface area contributed by atoms with Crippen molar-refractivity contribution < 1.29 is 23.5 Å². The van der Waals surface area contributed by atoms with Crippen LogP contribution in [0.2, 0.25) is 0 Å². The number of ketones is 1. The SMILES string of the molecule is CCOc1cc(/C=C2\CSc3c(F)cccc3C2=O)ccc1OCC(=O)N(C)C. The number of carbonyl (C=O) groups is 2. The minimum atomic E-state index is -0.368. The fourth-order valence-electron chi connectivity index (χ4n) is 2.80. The third kappa shape index (κ3) is 4.79. The topological polar surface area (TPSA) is 55.8 Å². The monoisotopic (exact) mass is 415 g/mol. The van der Waals surface area contributed by atoms with E-state index in [0.29, 0.717) is 39.9 Å². The highest BCUT2D eigenvalue weighted by Gasteiger charge is 2.24. The first-order valence-corrected chi connectivity index (χ1v) is 10.2. The van der Waals surface area contributed by atoms with Crippen LogP contribution in [0.1, 0.15) is 22.8 Å². The molecule has 0 atom stereocenters. The van der Waals surface area contributed by atoms with Crippen LogP contribution in [-0.2, 0) is 4.79 Å². The molecule has 2 aromatic carbocycles. The van der Waals surface area contributed by atoms with Crippen LogP contribution in [0, 0.1) is 5.82 Å². The fraction of sp³-hybridized carbons (Fsp3) is 0.273. The molecule has 0 spiro atoms. The van der Waals surface area contributed by atoms with Gasteiger partial charge in [-0.3, -0.25) is 9.59 Å². The van der Waals surface area contributed by atoms with E-state index in [1.54, 1.807) is 50.5 Å². The number of Topliss-reactive ketones (excluding diaryl/α,β-unsaturated/α-hetero) is 1. The van der Waals surface area contributed by atoms with Gasteiger partial charge in [-0.1, -0.05) is 12.1 Å². The summed E-state index contributed by atoms with van der Waals surface area (Å²) in [6.45, 7) is 2.19.